The van der Waals surface area contributed by atoms with Crippen LogP contribution in [-0.4, -0.2) is 31.4 Å². The molecular weight excluding hydrogens is 441 g/mol. The van der Waals surface area contributed by atoms with Crippen LogP contribution in [0.4, 0.5) is 18.9 Å². The van der Waals surface area contributed by atoms with Gasteiger partial charge in [0.2, 0.25) is 5.91 Å². The summed E-state index contributed by atoms with van der Waals surface area (Å²) >= 11 is 0. The van der Waals surface area contributed by atoms with E-state index in [1.807, 2.05) is 0 Å². The van der Waals surface area contributed by atoms with E-state index in [9.17, 15) is 22.8 Å². The molecule has 12 heteroatoms. The van der Waals surface area contributed by atoms with E-state index in [1.165, 1.54) is 17.1 Å². The van der Waals surface area contributed by atoms with Crippen molar-refractivity contribution in [2.45, 2.75) is 51.4 Å². The molecule has 4 rings (SSSR count). The Hall–Kier alpha value is -3.57. The summed E-state index contributed by atoms with van der Waals surface area (Å²) in [5.74, 6) is -0.592. The summed E-state index contributed by atoms with van der Waals surface area (Å²) < 4.78 is 48.1. The zero-order valence-corrected chi connectivity index (χ0v) is 17.9. The zero-order chi connectivity index (χ0) is 23.6. The molecule has 0 saturated carbocycles. The summed E-state index contributed by atoms with van der Waals surface area (Å²) in [4.78, 5) is 25.2. The molecule has 0 aliphatic heterocycles. The number of nitrogens with zero attached hydrogens (tertiary/aromatic N) is 4. The van der Waals surface area contributed by atoms with Crippen LogP contribution in [0, 0.1) is 0 Å². The number of anilines is 1. The highest BCUT2D eigenvalue weighted by molar-refractivity contribution is 6.02. The monoisotopic (exact) mass is 464 g/mol. The van der Waals surface area contributed by atoms with Crippen LogP contribution in [-0.2, 0) is 43.9 Å². The molecule has 0 unspecified atom stereocenters. The molecule has 9 nitrogen and oxygen atoms in total. The van der Waals surface area contributed by atoms with Gasteiger partial charge in [-0.15, -0.1) is 0 Å². The number of carbonyl (C=O) groups is 2. The molecule has 1 aliphatic carbocycles. The molecule has 0 fully saturated rings. The Morgan fingerprint density at radius 2 is 1.97 bits per heavy atom. The van der Waals surface area contributed by atoms with Crippen LogP contribution < -0.4 is 10.6 Å². The summed E-state index contributed by atoms with van der Waals surface area (Å²) in [7, 11) is 1.59. The molecule has 1 aliphatic rings. The maximum absolute atomic E-state index is 13.5. The van der Waals surface area contributed by atoms with Crippen molar-refractivity contribution in [1.29, 1.82) is 0 Å². The number of furan rings is 1. The van der Waals surface area contributed by atoms with Crippen LogP contribution >= 0.6 is 0 Å². The zero-order valence-electron chi connectivity index (χ0n) is 17.9. The van der Waals surface area contributed by atoms with E-state index in [1.54, 1.807) is 19.2 Å². The van der Waals surface area contributed by atoms with Crippen molar-refractivity contribution in [1.82, 2.24) is 24.9 Å². The lowest BCUT2D eigenvalue weighted by Crippen LogP contribution is -2.26. The van der Waals surface area contributed by atoms with E-state index in [2.05, 4.69) is 20.8 Å². The number of amides is 2. The lowest BCUT2D eigenvalue weighted by Gasteiger charge is -2.09. The van der Waals surface area contributed by atoms with Gasteiger partial charge in [0.15, 0.2) is 11.4 Å². The maximum atomic E-state index is 13.5. The number of hydrogen-bond acceptors (Lipinski definition) is 5. The number of rotatable bonds is 6. The first-order chi connectivity index (χ1) is 15.7. The van der Waals surface area contributed by atoms with Crippen molar-refractivity contribution in [2.24, 2.45) is 7.05 Å². The third kappa shape index (κ3) is 5.10. The normalized spacial score (nSPS) is 13.9. The second-order valence-electron chi connectivity index (χ2n) is 7.87. The fraction of sp³-hybridized carbons (Fsp3) is 0.429. The lowest BCUT2D eigenvalue weighted by atomic mass is 10.1. The average Bonchev–Trinajstić information content (AvgIpc) is 3.42. The van der Waals surface area contributed by atoms with Gasteiger partial charge < -0.3 is 15.1 Å². The fourth-order valence-electron chi connectivity index (χ4n) is 3.94. The van der Waals surface area contributed by atoms with Gasteiger partial charge in [0.25, 0.3) is 5.91 Å². The number of halogens is 3. The van der Waals surface area contributed by atoms with Crippen LogP contribution in [0.3, 0.4) is 0 Å². The Balaban J connectivity index is 1.50. The maximum Gasteiger partial charge on any atom is 0.435 e. The molecule has 0 bridgehead atoms. The topological polar surface area (TPSA) is 107 Å². The molecule has 3 aromatic heterocycles. The van der Waals surface area contributed by atoms with Gasteiger partial charge in [-0.3, -0.25) is 19.0 Å². The van der Waals surface area contributed by atoms with Crippen LogP contribution in [0.15, 0.2) is 29.0 Å². The Kier molecular flexibility index (Phi) is 6.25. The lowest BCUT2D eigenvalue weighted by molar-refractivity contribution is -0.142. The van der Waals surface area contributed by atoms with Crippen molar-refractivity contribution in [3.05, 3.63) is 53.0 Å². The Labute approximate surface area is 186 Å². The van der Waals surface area contributed by atoms with Gasteiger partial charge >= 0.3 is 6.18 Å². The summed E-state index contributed by atoms with van der Waals surface area (Å²) in [6.07, 6.45) is 1.27. The SMILES string of the molecule is Cn1cc(NC(=O)Cn2nc(C(F)(F)F)c3c2CCCCC3)c(C(=O)NCc2ccco2)n1. The summed E-state index contributed by atoms with van der Waals surface area (Å²) in [6, 6.07) is 3.39. The Morgan fingerprint density at radius 1 is 1.18 bits per heavy atom. The Bertz CT molecular complexity index is 1150. The minimum atomic E-state index is -4.58. The molecule has 0 spiro atoms. The second-order valence-corrected chi connectivity index (χ2v) is 7.87. The van der Waals surface area contributed by atoms with E-state index in [-0.39, 0.29) is 29.9 Å². The fourth-order valence-corrected chi connectivity index (χ4v) is 3.94. The van der Waals surface area contributed by atoms with E-state index in [0.29, 0.717) is 24.3 Å². The minimum Gasteiger partial charge on any atom is -0.467 e. The number of carbonyl (C=O) groups excluding carboxylic acids is 2. The predicted octanol–water partition coefficient (Wildman–Crippen LogP) is 3.07. The van der Waals surface area contributed by atoms with Crippen molar-refractivity contribution in [3.63, 3.8) is 0 Å². The van der Waals surface area contributed by atoms with E-state index in [4.69, 9.17) is 4.42 Å². The molecule has 0 radical (unpaired) electrons. The number of aromatic nitrogens is 4. The number of fused-ring (bicyclic) bond motifs is 1. The van der Waals surface area contributed by atoms with Crippen molar-refractivity contribution in [3.8, 4) is 0 Å². The molecule has 2 amide bonds. The Morgan fingerprint density at radius 3 is 2.70 bits per heavy atom. The first-order valence-corrected chi connectivity index (χ1v) is 10.5. The van der Waals surface area contributed by atoms with Crippen molar-refractivity contribution < 1.29 is 27.2 Å². The van der Waals surface area contributed by atoms with Gasteiger partial charge in [-0.2, -0.15) is 23.4 Å². The second kappa shape index (κ2) is 9.12. The van der Waals surface area contributed by atoms with Gasteiger partial charge in [-0.1, -0.05) is 6.42 Å². The molecule has 2 N–H and O–H groups in total. The van der Waals surface area contributed by atoms with Crippen LogP contribution in [0.1, 0.15) is 52.5 Å². The third-order valence-electron chi connectivity index (χ3n) is 5.39. The van der Waals surface area contributed by atoms with Crippen LogP contribution in [0.2, 0.25) is 0 Å². The first kappa shape index (κ1) is 22.6. The van der Waals surface area contributed by atoms with Gasteiger partial charge in [0, 0.05) is 24.5 Å². The predicted molar refractivity (Wildman–Crippen MR) is 110 cm³/mol. The first-order valence-electron chi connectivity index (χ1n) is 10.5. The van der Waals surface area contributed by atoms with Crippen molar-refractivity contribution in [2.75, 3.05) is 5.32 Å². The van der Waals surface area contributed by atoms with Crippen LogP contribution in [0.25, 0.3) is 0 Å². The number of aryl methyl sites for hydroxylation is 1. The highest BCUT2D eigenvalue weighted by Crippen LogP contribution is 2.35. The summed E-state index contributed by atoms with van der Waals surface area (Å²) in [5.41, 5.74) is -0.183. The highest BCUT2D eigenvalue weighted by Gasteiger charge is 2.39. The van der Waals surface area contributed by atoms with E-state index in [0.717, 1.165) is 17.5 Å². The van der Waals surface area contributed by atoms with Gasteiger partial charge in [0.1, 0.15) is 12.3 Å². The van der Waals surface area contributed by atoms with E-state index >= 15 is 0 Å². The van der Waals surface area contributed by atoms with Crippen LogP contribution in [0.5, 0.6) is 0 Å². The standard InChI is InChI=1S/C21H23F3N6O3/c1-29-11-15(18(27-29)20(32)25-10-13-6-5-9-33-13)26-17(31)12-30-16-8-4-2-3-7-14(16)19(28-30)21(22,23)24/h5-6,9,11H,2-4,7-8,10,12H2,1H3,(H,25,32)(H,26,31). The highest BCUT2D eigenvalue weighted by atomic mass is 19.4. The van der Waals surface area contributed by atoms with Crippen molar-refractivity contribution >= 4 is 17.5 Å². The van der Waals surface area contributed by atoms with Gasteiger partial charge in [-0.25, -0.2) is 0 Å². The number of alkyl halides is 3. The molecule has 3 heterocycles. The molecule has 33 heavy (non-hydrogen) atoms. The third-order valence-corrected chi connectivity index (χ3v) is 5.39. The molecule has 0 saturated heterocycles. The smallest absolute Gasteiger partial charge is 0.435 e. The number of nitrogens with one attached hydrogen (secondary N) is 2. The number of hydrogen-bond donors (Lipinski definition) is 2. The molecule has 176 valence electrons. The summed E-state index contributed by atoms with van der Waals surface area (Å²) in [5, 5.41) is 13.0. The molecule has 0 aromatic carbocycles. The molecule has 0 atom stereocenters. The van der Waals surface area contributed by atoms with Gasteiger partial charge in [-0.05, 0) is 37.8 Å². The largest absolute Gasteiger partial charge is 0.467 e. The van der Waals surface area contributed by atoms with E-state index < -0.39 is 30.2 Å². The average molecular weight is 464 g/mol. The van der Waals surface area contributed by atoms with Gasteiger partial charge in [0.05, 0.1) is 18.5 Å². The summed E-state index contributed by atoms with van der Waals surface area (Å²) in [6.45, 7) is -0.268. The molecular formula is C21H23F3N6O3. The minimum absolute atomic E-state index is 0.0207. The quantitative estimate of drug-likeness (QED) is 0.546. The molecule has 3 aromatic rings.